The molecule has 0 spiro atoms. The van der Waals surface area contributed by atoms with Gasteiger partial charge in [-0.05, 0) is 12.8 Å². The second-order valence-electron chi connectivity index (χ2n) is 4.60. The van der Waals surface area contributed by atoms with Gasteiger partial charge < -0.3 is 27.4 Å². The molecule has 1 fully saturated rings. The Morgan fingerprint density at radius 1 is 1.58 bits per heavy atom. The number of rotatable bonds is 4. The maximum atomic E-state index is 11.9. The minimum atomic E-state index is -0.215. The van der Waals surface area contributed by atoms with Gasteiger partial charge >= 0.3 is 0 Å². The van der Waals surface area contributed by atoms with E-state index in [4.69, 9.17) is 17.2 Å². The summed E-state index contributed by atoms with van der Waals surface area (Å²) in [6, 6.07) is 0.161. The molecule has 2 rings (SSSR count). The van der Waals surface area contributed by atoms with Crippen molar-refractivity contribution in [1.82, 2.24) is 10.3 Å². The predicted octanol–water partition coefficient (Wildman–Crippen LogP) is -0.659. The van der Waals surface area contributed by atoms with Crippen molar-refractivity contribution in [2.45, 2.75) is 18.9 Å². The second-order valence-corrected chi connectivity index (χ2v) is 5.58. The SMILES string of the molecule is NCCNC(=O)c1sc(N2CCCC(N)C2)nc1N. The third-order valence-corrected chi connectivity index (χ3v) is 4.14. The van der Waals surface area contributed by atoms with Crippen LogP contribution in [0.2, 0.25) is 0 Å². The normalized spacial score (nSPS) is 19.5. The van der Waals surface area contributed by atoms with Crippen LogP contribution in [0.4, 0.5) is 10.9 Å². The Morgan fingerprint density at radius 2 is 2.37 bits per heavy atom. The minimum absolute atomic E-state index is 0.161. The fourth-order valence-corrected chi connectivity index (χ4v) is 3.00. The van der Waals surface area contributed by atoms with E-state index < -0.39 is 0 Å². The van der Waals surface area contributed by atoms with Crippen LogP contribution < -0.4 is 27.4 Å². The van der Waals surface area contributed by atoms with Crippen LogP contribution in [0.25, 0.3) is 0 Å². The van der Waals surface area contributed by atoms with Gasteiger partial charge in [0.25, 0.3) is 5.91 Å². The number of piperidine rings is 1. The van der Waals surface area contributed by atoms with Gasteiger partial charge in [-0.1, -0.05) is 11.3 Å². The van der Waals surface area contributed by atoms with Crippen molar-refractivity contribution in [2.75, 3.05) is 36.8 Å². The number of carbonyl (C=O) groups excluding carboxylic acids is 1. The van der Waals surface area contributed by atoms with Gasteiger partial charge in [0, 0.05) is 32.2 Å². The van der Waals surface area contributed by atoms with Crippen molar-refractivity contribution >= 4 is 28.2 Å². The zero-order chi connectivity index (χ0) is 13.8. The summed E-state index contributed by atoms with van der Waals surface area (Å²) < 4.78 is 0. The van der Waals surface area contributed by atoms with Gasteiger partial charge in [-0.15, -0.1) is 0 Å². The van der Waals surface area contributed by atoms with Gasteiger partial charge in [0.15, 0.2) is 5.13 Å². The average molecular weight is 284 g/mol. The molecule has 1 aliphatic rings. The van der Waals surface area contributed by atoms with Crippen molar-refractivity contribution in [3.05, 3.63) is 4.88 Å². The van der Waals surface area contributed by atoms with Gasteiger partial charge in [-0.3, -0.25) is 4.79 Å². The molecule has 0 saturated carbocycles. The van der Waals surface area contributed by atoms with E-state index in [0.29, 0.717) is 18.0 Å². The summed E-state index contributed by atoms with van der Waals surface area (Å²) in [5.41, 5.74) is 17.1. The third kappa shape index (κ3) is 3.34. The molecule has 1 saturated heterocycles. The van der Waals surface area contributed by atoms with Crippen LogP contribution in [-0.2, 0) is 0 Å². The second kappa shape index (κ2) is 6.18. The van der Waals surface area contributed by atoms with Crippen LogP contribution in [0.1, 0.15) is 22.5 Å². The molecule has 0 bridgehead atoms. The number of nitrogens with zero attached hydrogens (tertiary/aromatic N) is 2. The lowest BCUT2D eigenvalue weighted by Crippen LogP contribution is -2.42. The summed E-state index contributed by atoms with van der Waals surface area (Å²) in [7, 11) is 0. The Morgan fingerprint density at radius 3 is 3.05 bits per heavy atom. The standard InChI is InChI=1S/C11H20N6OS/c12-3-4-15-10(18)8-9(14)16-11(19-8)17-5-1-2-7(13)6-17/h7H,1-6,12-14H2,(H,15,18). The van der Waals surface area contributed by atoms with Gasteiger partial charge in [0.05, 0.1) is 0 Å². The topological polar surface area (TPSA) is 123 Å². The average Bonchev–Trinajstić information content (AvgIpc) is 2.78. The number of nitrogen functional groups attached to an aromatic ring is 1. The maximum Gasteiger partial charge on any atom is 0.265 e. The number of hydrogen-bond acceptors (Lipinski definition) is 7. The molecule has 1 aromatic heterocycles. The van der Waals surface area contributed by atoms with Gasteiger partial charge in [0.1, 0.15) is 10.7 Å². The Bertz CT molecular complexity index is 448. The fraction of sp³-hybridized carbons (Fsp3) is 0.636. The summed E-state index contributed by atoms with van der Waals surface area (Å²) in [5.74, 6) is 0.0571. The van der Waals surface area contributed by atoms with Crippen LogP contribution in [0.5, 0.6) is 0 Å². The van der Waals surface area contributed by atoms with Crippen LogP contribution in [0.3, 0.4) is 0 Å². The van der Waals surface area contributed by atoms with Crippen LogP contribution in [-0.4, -0.2) is 43.1 Å². The summed E-state index contributed by atoms with van der Waals surface area (Å²) in [4.78, 5) is 18.7. The Labute approximate surface area is 116 Å². The molecular weight excluding hydrogens is 264 g/mol. The molecule has 1 unspecified atom stereocenters. The first-order valence-corrected chi connectivity index (χ1v) is 7.18. The number of carbonyl (C=O) groups is 1. The van der Waals surface area contributed by atoms with E-state index in [-0.39, 0.29) is 17.8 Å². The van der Waals surface area contributed by atoms with E-state index in [9.17, 15) is 4.79 Å². The smallest absolute Gasteiger partial charge is 0.265 e. The fourth-order valence-electron chi connectivity index (χ4n) is 2.07. The molecule has 1 atom stereocenters. The number of thiazole rings is 1. The lowest BCUT2D eigenvalue weighted by atomic mass is 10.1. The third-order valence-electron chi connectivity index (χ3n) is 3.01. The number of aromatic nitrogens is 1. The molecule has 19 heavy (non-hydrogen) atoms. The number of hydrogen-bond donors (Lipinski definition) is 4. The monoisotopic (exact) mass is 284 g/mol. The van der Waals surface area contributed by atoms with Crippen LogP contribution in [0.15, 0.2) is 0 Å². The van der Waals surface area contributed by atoms with Crippen molar-refractivity contribution in [1.29, 1.82) is 0 Å². The Balaban J connectivity index is 2.09. The van der Waals surface area contributed by atoms with Crippen molar-refractivity contribution in [2.24, 2.45) is 11.5 Å². The molecule has 8 heteroatoms. The minimum Gasteiger partial charge on any atom is -0.382 e. The highest BCUT2D eigenvalue weighted by molar-refractivity contribution is 7.18. The predicted molar refractivity (Wildman–Crippen MR) is 77.3 cm³/mol. The highest BCUT2D eigenvalue weighted by atomic mass is 32.1. The summed E-state index contributed by atoms with van der Waals surface area (Å²) in [6.07, 6.45) is 2.07. The zero-order valence-corrected chi connectivity index (χ0v) is 11.6. The lowest BCUT2D eigenvalue weighted by Gasteiger charge is -2.30. The quantitative estimate of drug-likeness (QED) is 0.582. The van der Waals surface area contributed by atoms with E-state index in [2.05, 4.69) is 15.2 Å². The zero-order valence-electron chi connectivity index (χ0n) is 10.8. The van der Waals surface area contributed by atoms with Crippen LogP contribution >= 0.6 is 11.3 Å². The molecule has 1 amide bonds. The number of anilines is 2. The van der Waals surface area contributed by atoms with Gasteiger partial charge in [-0.2, -0.15) is 0 Å². The Kier molecular flexibility index (Phi) is 4.56. The van der Waals surface area contributed by atoms with E-state index in [1.165, 1.54) is 11.3 Å². The van der Waals surface area contributed by atoms with Crippen molar-refractivity contribution in [3.8, 4) is 0 Å². The lowest BCUT2D eigenvalue weighted by molar-refractivity contribution is 0.0959. The molecule has 0 radical (unpaired) electrons. The molecule has 1 aliphatic heterocycles. The van der Waals surface area contributed by atoms with E-state index in [0.717, 1.165) is 31.1 Å². The molecule has 0 aliphatic carbocycles. The summed E-state index contributed by atoms with van der Waals surface area (Å²) >= 11 is 1.31. The maximum absolute atomic E-state index is 11.9. The van der Waals surface area contributed by atoms with E-state index in [1.54, 1.807) is 0 Å². The van der Waals surface area contributed by atoms with Crippen molar-refractivity contribution in [3.63, 3.8) is 0 Å². The first kappa shape index (κ1) is 14.0. The van der Waals surface area contributed by atoms with E-state index in [1.807, 2.05) is 0 Å². The highest BCUT2D eigenvalue weighted by Gasteiger charge is 2.23. The highest BCUT2D eigenvalue weighted by Crippen LogP contribution is 2.29. The number of nitrogens with one attached hydrogen (secondary N) is 1. The number of nitrogens with two attached hydrogens (primary N) is 3. The van der Waals surface area contributed by atoms with E-state index >= 15 is 0 Å². The summed E-state index contributed by atoms with van der Waals surface area (Å²) in [6.45, 7) is 2.50. The first-order valence-electron chi connectivity index (χ1n) is 6.37. The van der Waals surface area contributed by atoms with Gasteiger partial charge in [-0.25, -0.2) is 4.98 Å². The molecule has 0 aromatic carbocycles. The van der Waals surface area contributed by atoms with Crippen molar-refractivity contribution < 1.29 is 4.79 Å². The largest absolute Gasteiger partial charge is 0.382 e. The molecular formula is C11H20N6OS. The molecule has 1 aromatic rings. The Hall–Kier alpha value is -1.38. The van der Waals surface area contributed by atoms with Crippen LogP contribution in [0, 0.1) is 0 Å². The first-order chi connectivity index (χ1) is 9.11. The number of amides is 1. The molecule has 7 nitrogen and oxygen atoms in total. The van der Waals surface area contributed by atoms with Gasteiger partial charge in [0.2, 0.25) is 0 Å². The summed E-state index contributed by atoms with van der Waals surface area (Å²) in [5, 5.41) is 3.47. The molecule has 2 heterocycles. The molecule has 7 N–H and O–H groups in total. The molecule has 106 valence electrons.